The van der Waals surface area contributed by atoms with Crippen molar-refractivity contribution >= 4 is 17.7 Å². The van der Waals surface area contributed by atoms with E-state index in [1.807, 2.05) is 49.1 Å². The lowest BCUT2D eigenvalue weighted by Crippen LogP contribution is -2.36. The average Bonchev–Trinajstić information content (AvgIpc) is 2.97. The van der Waals surface area contributed by atoms with Gasteiger partial charge in [-0.15, -0.1) is 5.10 Å². The minimum Gasteiger partial charge on any atom is -0.338 e. The second-order valence-corrected chi connectivity index (χ2v) is 7.22. The Bertz CT molecular complexity index is 726. The van der Waals surface area contributed by atoms with Gasteiger partial charge < -0.3 is 4.90 Å². The predicted molar refractivity (Wildman–Crippen MR) is 101 cm³/mol. The second-order valence-electron chi connectivity index (χ2n) is 5.91. The molecular formula is C18H26N4O2S. The summed E-state index contributed by atoms with van der Waals surface area (Å²) in [6, 6.07) is 9.95. The molecule has 25 heavy (non-hydrogen) atoms. The van der Waals surface area contributed by atoms with Crippen molar-refractivity contribution in [3.63, 3.8) is 0 Å². The van der Waals surface area contributed by atoms with E-state index in [2.05, 4.69) is 17.1 Å². The van der Waals surface area contributed by atoms with E-state index in [1.54, 1.807) is 4.57 Å². The van der Waals surface area contributed by atoms with Crippen molar-refractivity contribution in [1.29, 1.82) is 0 Å². The van der Waals surface area contributed by atoms with E-state index in [0.29, 0.717) is 24.8 Å². The van der Waals surface area contributed by atoms with Crippen LogP contribution >= 0.6 is 11.8 Å². The van der Waals surface area contributed by atoms with Crippen molar-refractivity contribution in [2.24, 2.45) is 0 Å². The topological polar surface area (TPSA) is 71.0 Å². The van der Waals surface area contributed by atoms with E-state index in [4.69, 9.17) is 0 Å². The molecule has 1 heterocycles. The third-order valence-electron chi connectivity index (χ3n) is 4.00. The molecule has 0 bridgehead atoms. The maximum absolute atomic E-state index is 12.8. The molecule has 2 aromatic rings. The molecule has 1 amide bonds. The molecule has 6 nitrogen and oxygen atoms in total. The van der Waals surface area contributed by atoms with Gasteiger partial charge in [-0.25, -0.2) is 9.89 Å². The van der Waals surface area contributed by atoms with E-state index in [-0.39, 0.29) is 16.8 Å². The minimum atomic E-state index is -0.306. The summed E-state index contributed by atoms with van der Waals surface area (Å²) in [6.07, 6.45) is 1.90. The lowest BCUT2D eigenvalue weighted by molar-refractivity contribution is -0.130. The minimum absolute atomic E-state index is 0.0499. The first-order valence-electron chi connectivity index (χ1n) is 8.71. The van der Waals surface area contributed by atoms with Gasteiger partial charge in [0.05, 0.1) is 5.25 Å². The maximum atomic E-state index is 12.8. The van der Waals surface area contributed by atoms with E-state index in [9.17, 15) is 9.59 Å². The lowest BCUT2D eigenvalue weighted by atomic mass is 10.2. The Morgan fingerprint density at radius 1 is 1.32 bits per heavy atom. The number of benzene rings is 1. The van der Waals surface area contributed by atoms with E-state index in [1.165, 1.54) is 11.8 Å². The number of rotatable bonds is 9. The Morgan fingerprint density at radius 3 is 2.68 bits per heavy atom. The van der Waals surface area contributed by atoms with Crippen LogP contribution in [0.2, 0.25) is 0 Å². The molecule has 0 saturated carbocycles. The molecule has 0 aliphatic rings. The summed E-state index contributed by atoms with van der Waals surface area (Å²) in [7, 11) is 0. The van der Waals surface area contributed by atoms with Crippen LogP contribution in [0.5, 0.6) is 0 Å². The Kier molecular flexibility index (Phi) is 7.31. The van der Waals surface area contributed by atoms with Gasteiger partial charge in [-0.05, 0) is 25.8 Å². The Hall–Kier alpha value is -2.02. The summed E-state index contributed by atoms with van der Waals surface area (Å²) >= 11 is 1.33. The first kappa shape index (κ1) is 19.3. The Balaban J connectivity index is 2.05. The highest BCUT2D eigenvalue weighted by molar-refractivity contribution is 8.00. The van der Waals surface area contributed by atoms with E-state index >= 15 is 0 Å². The standard InChI is InChI=1S/C18H26N4O2S/c1-4-6-12-22-17(24)19-20-18(22)25-14(3)16(23)21(5-2)13-15-10-8-7-9-11-15/h7-11,14H,4-6,12-13H2,1-3H3,(H,19,24). The number of nitrogens with zero attached hydrogens (tertiary/aromatic N) is 3. The van der Waals surface area contributed by atoms with Crippen LogP contribution in [-0.4, -0.2) is 37.4 Å². The van der Waals surface area contributed by atoms with E-state index < -0.39 is 0 Å². The number of H-pyrrole nitrogens is 1. The summed E-state index contributed by atoms with van der Waals surface area (Å²) in [5.74, 6) is 0.0499. The van der Waals surface area contributed by atoms with Crippen LogP contribution in [0.15, 0.2) is 40.3 Å². The Labute approximate surface area is 152 Å². The molecule has 2 rings (SSSR count). The van der Waals surface area contributed by atoms with E-state index in [0.717, 1.165) is 18.4 Å². The molecule has 1 unspecified atom stereocenters. The van der Waals surface area contributed by atoms with Crippen LogP contribution < -0.4 is 5.69 Å². The summed E-state index contributed by atoms with van der Waals surface area (Å²) in [5.41, 5.74) is 0.891. The first-order valence-corrected chi connectivity index (χ1v) is 9.59. The third-order valence-corrected chi connectivity index (χ3v) is 5.08. The van der Waals surface area contributed by atoms with Crippen molar-refractivity contribution in [3.05, 3.63) is 46.4 Å². The number of carbonyl (C=O) groups excluding carboxylic acids is 1. The van der Waals surface area contributed by atoms with Crippen LogP contribution in [0, 0.1) is 0 Å². The van der Waals surface area contributed by atoms with Crippen LogP contribution in [0.4, 0.5) is 0 Å². The molecule has 0 saturated heterocycles. The van der Waals surface area contributed by atoms with Crippen molar-refractivity contribution < 1.29 is 4.79 Å². The van der Waals surface area contributed by atoms with Gasteiger partial charge in [0.15, 0.2) is 5.16 Å². The maximum Gasteiger partial charge on any atom is 0.343 e. The SMILES string of the molecule is CCCCn1c(SC(C)C(=O)N(CC)Cc2ccccc2)n[nH]c1=O. The molecule has 0 aliphatic heterocycles. The fourth-order valence-corrected chi connectivity index (χ4v) is 3.49. The molecule has 7 heteroatoms. The highest BCUT2D eigenvalue weighted by Crippen LogP contribution is 2.22. The Morgan fingerprint density at radius 2 is 2.04 bits per heavy atom. The molecule has 0 aliphatic carbocycles. The molecule has 0 fully saturated rings. The summed E-state index contributed by atoms with van der Waals surface area (Å²) < 4.78 is 1.62. The van der Waals surface area contributed by atoms with Crippen LogP contribution in [0.1, 0.15) is 39.2 Å². The van der Waals surface area contributed by atoms with Gasteiger partial charge in [0.25, 0.3) is 0 Å². The van der Waals surface area contributed by atoms with Gasteiger partial charge >= 0.3 is 5.69 Å². The summed E-state index contributed by atoms with van der Waals surface area (Å²) in [5, 5.41) is 6.84. The fourth-order valence-electron chi connectivity index (χ4n) is 2.52. The third kappa shape index (κ3) is 5.22. The zero-order chi connectivity index (χ0) is 18.2. The van der Waals surface area contributed by atoms with Gasteiger partial charge in [-0.2, -0.15) is 0 Å². The second kappa shape index (κ2) is 9.46. The summed E-state index contributed by atoms with van der Waals surface area (Å²) in [4.78, 5) is 26.5. The molecule has 1 atom stereocenters. The smallest absolute Gasteiger partial charge is 0.338 e. The highest BCUT2D eigenvalue weighted by Gasteiger charge is 2.23. The number of thioether (sulfide) groups is 1. The number of amides is 1. The first-order chi connectivity index (χ1) is 12.1. The molecule has 0 spiro atoms. The van der Waals surface area contributed by atoms with Gasteiger partial charge in [0.2, 0.25) is 5.91 Å². The normalized spacial score (nSPS) is 12.1. The zero-order valence-corrected chi connectivity index (χ0v) is 15.9. The lowest BCUT2D eigenvalue weighted by Gasteiger charge is -2.24. The van der Waals surface area contributed by atoms with Gasteiger partial charge in [0, 0.05) is 19.6 Å². The number of unbranched alkanes of at least 4 members (excludes halogenated alkanes) is 1. The number of aromatic nitrogens is 3. The number of hydrogen-bond donors (Lipinski definition) is 1. The molecule has 1 N–H and O–H groups in total. The highest BCUT2D eigenvalue weighted by atomic mass is 32.2. The quantitative estimate of drug-likeness (QED) is 0.696. The number of carbonyl (C=O) groups is 1. The van der Waals surface area contributed by atoms with Gasteiger partial charge in [-0.3, -0.25) is 9.36 Å². The van der Waals surface area contributed by atoms with Crippen LogP contribution in [0.25, 0.3) is 0 Å². The number of nitrogens with one attached hydrogen (secondary N) is 1. The van der Waals surface area contributed by atoms with Gasteiger partial charge in [0.1, 0.15) is 0 Å². The summed E-state index contributed by atoms with van der Waals surface area (Å²) in [6.45, 7) is 7.77. The van der Waals surface area contributed by atoms with Crippen molar-refractivity contribution in [2.75, 3.05) is 6.54 Å². The molecule has 1 aromatic heterocycles. The molecule has 1 aromatic carbocycles. The zero-order valence-electron chi connectivity index (χ0n) is 15.1. The van der Waals surface area contributed by atoms with Crippen molar-refractivity contribution in [3.8, 4) is 0 Å². The average molecular weight is 362 g/mol. The largest absolute Gasteiger partial charge is 0.343 e. The number of hydrogen-bond acceptors (Lipinski definition) is 4. The van der Waals surface area contributed by atoms with Crippen LogP contribution in [0.3, 0.4) is 0 Å². The van der Waals surface area contributed by atoms with Crippen molar-refractivity contribution in [1.82, 2.24) is 19.7 Å². The number of aromatic amines is 1. The molecule has 0 radical (unpaired) electrons. The molecular weight excluding hydrogens is 336 g/mol. The monoisotopic (exact) mass is 362 g/mol. The van der Waals surface area contributed by atoms with Gasteiger partial charge in [-0.1, -0.05) is 55.4 Å². The van der Waals surface area contributed by atoms with Crippen molar-refractivity contribution in [2.45, 2.75) is 57.1 Å². The fraction of sp³-hybridized carbons (Fsp3) is 0.500. The molecule has 136 valence electrons. The van der Waals surface area contributed by atoms with Crippen LogP contribution in [-0.2, 0) is 17.9 Å². The predicted octanol–water partition coefficient (Wildman–Crippen LogP) is 2.90.